The Hall–Kier alpha value is -0.650. The fraction of sp³-hybridized carbons (Fsp3) is 0.833. The third-order valence-electron chi connectivity index (χ3n) is 1.36. The summed E-state index contributed by atoms with van der Waals surface area (Å²) in [4.78, 5) is 10.8. The number of methoxy groups -OCH3 is 1. The lowest BCUT2D eigenvalue weighted by atomic mass is 10.4. The maximum absolute atomic E-state index is 10.8. The van der Waals surface area contributed by atoms with E-state index in [2.05, 4.69) is 4.74 Å². The van der Waals surface area contributed by atoms with E-state index >= 15 is 0 Å². The molecule has 2 unspecified atom stereocenters. The van der Waals surface area contributed by atoms with Gasteiger partial charge >= 0.3 is 5.97 Å². The van der Waals surface area contributed by atoms with Crippen molar-refractivity contribution in [3.63, 3.8) is 0 Å². The highest BCUT2D eigenvalue weighted by Crippen LogP contribution is 2.11. The van der Waals surface area contributed by atoms with Crippen LogP contribution in [0.5, 0.6) is 0 Å². The monoisotopic (exact) mass is 162 g/mol. The zero-order valence-electron chi connectivity index (χ0n) is 6.15. The van der Waals surface area contributed by atoms with Crippen LogP contribution in [-0.4, -0.2) is 43.8 Å². The number of carbonyl (C=O) groups is 1. The summed E-state index contributed by atoms with van der Waals surface area (Å²) in [6.45, 7) is -0.0919. The summed E-state index contributed by atoms with van der Waals surface area (Å²) in [6.07, 6.45) is -1.36. The first-order chi connectivity index (χ1) is 5.27. The van der Waals surface area contributed by atoms with Crippen molar-refractivity contribution in [3.05, 3.63) is 0 Å². The van der Waals surface area contributed by atoms with Crippen molar-refractivity contribution in [2.45, 2.75) is 12.4 Å². The zero-order chi connectivity index (χ0) is 8.27. The van der Waals surface area contributed by atoms with Gasteiger partial charge in [0, 0.05) is 0 Å². The van der Waals surface area contributed by atoms with Crippen LogP contribution in [0.1, 0.15) is 0 Å². The van der Waals surface area contributed by atoms with Gasteiger partial charge in [-0.3, -0.25) is 0 Å². The van der Waals surface area contributed by atoms with Crippen LogP contribution in [0.4, 0.5) is 0 Å². The molecular weight excluding hydrogens is 152 g/mol. The number of ether oxygens (including phenoxy) is 3. The van der Waals surface area contributed by atoms with Gasteiger partial charge in [0.15, 0.2) is 12.4 Å². The van der Waals surface area contributed by atoms with Crippen molar-refractivity contribution in [2.75, 3.05) is 20.3 Å². The summed E-state index contributed by atoms with van der Waals surface area (Å²) in [5.74, 6) is -0.471. The van der Waals surface area contributed by atoms with E-state index in [0.717, 1.165) is 0 Å². The maximum atomic E-state index is 10.8. The second-order valence-electron chi connectivity index (χ2n) is 2.09. The molecule has 2 atom stereocenters. The van der Waals surface area contributed by atoms with E-state index < -0.39 is 18.4 Å². The largest absolute Gasteiger partial charge is 0.467 e. The van der Waals surface area contributed by atoms with Gasteiger partial charge in [-0.2, -0.15) is 0 Å². The molecule has 1 heterocycles. The second kappa shape index (κ2) is 3.66. The summed E-state index contributed by atoms with van der Waals surface area (Å²) >= 11 is 0. The van der Waals surface area contributed by atoms with Crippen molar-refractivity contribution >= 4 is 5.97 Å². The SMILES string of the molecule is COC(=O)C1COC(CO)O1. The Morgan fingerprint density at radius 1 is 1.82 bits per heavy atom. The molecule has 5 nitrogen and oxygen atoms in total. The Morgan fingerprint density at radius 2 is 2.55 bits per heavy atom. The zero-order valence-corrected chi connectivity index (χ0v) is 6.15. The minimum absolute atomic E-state index is 0.151. The average molecular weight is 162 g/mol. The molecule has 1 aliphatic rings. The quantitative estimate of drug-likeness (QED) is 0.522. The third kappa shape index (κ3) is 1.89. The summed E-state index contributed by atoms with van der Waals surface area (Å²) < 4.78 is 14.2. The molecule has 0 amide bonds. The van der Waals surface area contributed by atoms with Gasteiger partial charge in [-0.1, -0.05) is 0 Å². The summed E-state index contributed by atoms with van der Waals surface area (Å²) in [7, 11) is 1.28. The van der Waals surface area contributed by atoms with Crippen molar-refractivity contribution < 1.29 is 24.1 Å². The van der Waals surface area contributed by atoms with E-state index in [1.165, 1.54) is 7.11 Å². The maximum Gasteiger partial charge on any atom is 0.337 e. The molecule has 5 heteroatoms. The molecule has 1 fully saturated rings. The van der Waals surface area contributed by atoms with E-state index in [-0.39, 0.29) is 13.2 Å². The van der Waals surface area contributed by atoms with Crippen molar-refractivity contribution in [1.82, 2.24) is 0 Å². The Morgan fingerprint density at radius 3 is 3.00 bits per heavy atom. The van der Waals surface area contributed by atoms with Gasteiger partial charge in [0.05, 0.1) is 20.3 Å². The number of aliphatic hydroxyl groups excluding tert-OH is 1. The van der Waals surface area contributed by atoms with Gasteiger partial charge in [0.25, 0.3) is 0 Å². The van der Waals surface area contributed by atoms with E-state index in [9.17, 15) is 4.79 Å². The fourth-order valence-corrected chi connectivity index (χ4v) is 0.807. The van der Waals surface area contributed by atoms with Gasteiger partial charge in [0.2, 0.25) is 0 Å². The number of hydrogen-bond acceptors (Lipinski definition) is 5. The Balaban J connectivity index is 2.35. The predicted octanol–water partition coefficient (Wildman–Crippen LogP) is -1.11. The molecule has 0 aromatic heterocycles. The molecular formula is C6H10O5. The highest BCUT2D eigenvalue weighted by Gasteiger charge is 2.31. The first kappa shape index (κ1) is 8.45. The van der Waals surface area contributed by atoms with Gasteiger partial charge in [0.1, 0.15) is 0 Å². The van der Waals surface area contributed by atoms with Gasteiger partial charge in [-0.25, -0.2) is 4.79 Å². The lowest BCUT2D eigenvalue weighted by Gasteiger charge is -2.06. The number of hydrogen-bond donors (Lipinski definition) is 1. The van der Waals surface area contributed by atoms with Crippen LogP contribution in [-0.2, 0) is 19.0 Å². The molecule has 1 rings (SSSR count). The van der Waals surface area contributed by atoms with Crippen LogP contribution in [0.15, 0.2) is 0 Å². The molecule has 0 spiro atoms. The molecule has 0 bridgehead atoms. The Bertz CT molecular complexity index is 146. The van der Waals surface area contributed by atoms with E-state index in [1.54, 1.807) is 0 Å². The highest BCUT2D eigenvalue weighted by atomic mass is 16.7. The lowest BCUT2D eigenvalue weighted by molar-refractivity contribution is -0.155. The third-order valence-corrected chi connectivity index (χ3v) is 1.36. The lowest BCUT2D eigenvalue weighted by Crippen LogP contribution is -2.25. The normalized spacial score (nSPS) is 30.4. The number of rotatable bonds is 2. The fourth-order valence-electron chi connectivity index (χ4n) is 0.807. The summed E-state index contributed by atoms with van der Waals surface area (Å²) in [6, 6.07) is 0. The molecule has 0 aromatic rings. The molecule has 64 valence electrons. The van der Waals surface area contributed by atoms with Crippen LogP contribution in [0.2, 0.25) is 0 Å². The minimum atomic E-state index is -0.683. The summed E-state index contributed by atoms with van der Waals surface area (Å²) in [5, 5.41) is 8.54. The van der Waals surface area contributed by atoms with Gasteiger partial charge in [-0.15, -0.1) is 0 Å². The topological polar surface area (TPSA) is 65.0 Å². The molecule has 0 radical (unpaired) electrons. The molecule has 0 aliphatic carbocycles. The predicted molar refractivity (Wildman–Crippen MR) is 33.7 cm³/mol. The average Bonchev–Trinajstić information content (AvgIpc) is 2.50. The van der Waals surface area contributed by atoms with E-state index in [1.807, 2.05) is 0 Å². The van der Waals surface area contributed by atoms with Crippen LogP contribution in [0.3, 0.4) is 0 Å². The second-order valence-corrected chi connectivity index (χ2v) is 2.09. The van der Waals surface area contributed by atoms with Crippen LogP contribution in [0.25, 0.3) is 0 Å². The Kier molecular flexibility index (Phi) is 2.81. The van der Waals surface area contributed by atoms with Gasteiger partial charge in [-0.05, 0) is 0 Å². The van der Waals surface area contributed by atoms with Crippen LogP contribution < -0.4 is 0 Å². The molecule has 0 saturated carbocycles. The smallest absolute Gasteiger partial charge is 0.337 e. The highest BCUT2D eigenvalue weighted by molar-refractivity contribution is 5.74. The number of aliphatic hydroxyl groups is 1. The molecule has 1 saturated heterocycles. The van der Waals surface area contributed by atoms with Gasteiger partial charge < -0.3 is 19.3 Å². The van der Waals surface area contributed by atoms with Crippen LogP contribution in [0, 0.1) is 0 Å². The molecule has 1 aliphatic heterocycles. The molecule has 0 aromatic carbocycles. The van der Waals surface area contributed by atoms with Crippen molar-refractivity contribution in [2.24, 2.45) is 0 Å². The minimum Gasteiger partial charge on any atom is -0.467 e. The van der Waals surface area contributed by atoms with Crippen molar-refractivity contribution in [3.8, 4) is 0 Å². The van der Waals surface area contributed by atoms with E-state index in [0.29, 0.717) is 0 Å². The summed E-state index contributed by atoms with van der Waals surface area (Å²) in [5.41, 5.74) is 0. The molecule has 1 N–H and O–H groups in total. The first-order valence-corrected chi connectivity index (χ1v) is 3.23. The van der Waals surface area contributed by atoms with E-state index in [4.69, 9.17) is 14.6 Å². The number of esters is 1. The Labute approximate surface area is 63.9 Å². The molecule has 11 heavy (non-hydrogen) atoms. The standard InChI is InChI=1S/C6H10O5/c1-9-6(8)4-3-10-5(2-7)11-4/h4-5,7H,2-3H2,1H3. The van der Waals surface area contributed by atoms with Crippen LogP contribution >= 0.6 is 0 Å². The van der Waals surface area contributed by atoms with Crippen molar-refractivity contribution in [1.29, 1.82) is 0 Å². The first-order valence-electron chi connectivity index (χ1n) is 3.23. The number of carbonyl (C=O) groups excluding carboxylic acids is 1.